The zero-order valence-corrected chi connectivity index (χ0v) is 15.4. The summed E-state index contributed by atoms with van der Waals surface area (Å²) in [6, 6.07) is 2.79. The highest BCUT2D eigenvalue weighted by Gasteiger charge is 2.43. The Labute approximate surface area is 151 Å². The largest absolute Gasteiger partial charge is 0.325 e. The molecule has 0 bridgehead atoms. The number of rotatable bonds is 3. The van der Waals surface area contributed by atoms with E-state index in [1.54, 1.807) is 0 Å². The second-order valence-corrected chi connectivity index (χ2v) is 8.83. The molecule has 2 atom stereocenters. The number of amides is 1. The van der Waals surface area contributed by atoms with Crippen LogP contribution in [-0.2, 0) is 15.0 Å². The zero-order chi connectivity index (χ0) is 18.2. The van der Waals surface area contributed by atoms with Crippen LogP contribution in [0.1, 0.15) is 32.1 Å². The molecule has 1 saturated carbocycles. The van der Waals surface area contributed by atoms with Crippen molar-refractivity contribution in [2.45, 2.75) is 44.2 Å². The third kappa shape index (κ3) is 3.97. The zero-order valence-electron chi connectivity index (χ0n) is 13.8. The number of nitrogens with zero attached hydrogens (tertiary/aromatic N) is 1. The van der Waals surface area contributed by atoms with E-state index in [1.165, 1.54) is 19.2 Å². The number of anilines is 1. The third-order valence-electron chi connectivity index (χ3n) is 5.05. The van der Waals surface area contributed by atoms with Crippen LogP contribution >= 0.6 is 11.6 Å². The van der Waals surface area contributed by atoms with E-state index in [0.29, 0.717) is 12.1 Å². The van der Waals surface area contributed by atoms with Crippen molar-refractivity contribution >= 4 is 33.4 Å². The highest BCUT2D eigenvalue weighted by molar-refractivity contribution is 7.87. The van der Waals surface area contributed by atoms with Crippen LogP contribution in [0.25, 0.3) is 0 Å². The molecule has 25 heavy (non-hydrogen) atoms. The number of hydrogen-bond acceptors (Lipinski definition) is 3. The summed E-state index contributed by atoms with van der Waals surface area (Å²) in [4.78, 5) is 12.6. The monoisotopic (exact) mass is 389 g/mol. The van der Waals surface area contributed by atoms with Crippen LogP contribution in [0.2, 0.25) is 5.02 Å². The predicted octanol–water partition coefficient (Wildman–Crippen LogP) is 2.51. The Bertz CT molecular complexity index is 768. The summed E-state index contributed by atoms with van der Waals surface area (Å²) in [6.07, 6.45) is 4.52. The minimum Gasteiger partial charge on any atom is -0.325 e. The second kappa shape index (κ2) is 7.19. The molecule has 0 radical (unpaired) electrons. The van der Waals surface area contributed by atoms with E-state index in [0.717, 1.165) is 36.1 Å². The summed E-state index contributed by atoms with van der Waals surface area (Å²) in [5.74, 6) is -0.764. The second-order valence-electron chi connectivity index (χ2n) is 6.66. The Morgan fingerprint density at radius 2 is 2.04 bits per heavy atom. The molecule has 1 aromatic carbocycles. The average Bonchev–Trinajstić information content (AvgIpc) is 3.07. The first-order valence-electron chi connectivity index (χ1n) is 8.29. The van der Waals surface area contributed by atoms with Gasteiger partial charge in [-0.05, 0) is 43.4 Å². The molecule has 0 spiro atoms. The van der Waals surface area contributed by atoms with Crippen LogP contribution in [-0.4, -0.2) is 37.8 Å². The van der Waals surface area contributed by atoms with E-state index in [2.05, 4.69) is 10.0 Å². The summed E-state index contributed by atoms with van der Waals surface area (Å²) in [7, 11) is -2.33. The Kier molecular flexibility index (Phi) is 5.34. The molecule has 2 aliphatic rings. The molecule has 1 aromatic rings. The molecule has 0 unspecified atom stereocenters. The summed E-state index contributed by atoms with van der Waals surface area (Å²) < 4.78 is 41.7. The van der Waals surface area contributed by atoms with Crippen LogP contribution in [0, 0.1) is 11.7 Å². The normalized spacial score (nSPS) is 27.3. The molecule has 138 valence electrons. The lowest BCUT2D eigenvalue weighted by Crippen LogP contribution is -2.60. The van der Waals surface area contributed by atoms with Crippen LogP contribution in [0.4, 0.5) is 10.1 Å². The molecule has 1 saturated heterocycles. The number of carbonyl (C=O) groups is 1. The molecule has 6 nitrogen and oxygen atoms in total. The van der Waals surface area contributed by atoms with E-state index >= 15 is 0 Å². The summed E-state index contributed by atoms with van der Waals surface area (Å²) >= 11 is 5.72. The number of nitrogens with one attached hydrogen (secondary N) is 2. The van der Waals surface area contributed by atoms with Crippen molar-refractivity contribution in [3.63, 3.8) is 0 Å². The topological polar surface area (TPSA) is 78.5 Å². The van der Waals surface area contributed by atoms with Gasteiger partial charge in [0.05, 0.1) is 5.02 Å². The molecule has 9 heteroatoms. The maximum Gasteiger partial charge on any atom is 0.280 e. The molecule has 1 heterocycles. The molecular weight excluding hydrogens is 369 g/mol. The van der Waals surface area contributed by atoms with Gasteiger partial charge < -0.3 is 5.32 Å². The van der Waals surface area contributed by atoms with Crippen molar-refractivity contribution in [1.82, 2.24) is 9.03 Å². The van der Waals surface area contributed by atoms with Gasteiger partial charge in [-0.15, -0.1) is 0 Å². The Balaban J connectivity index is 1.77. The van der Waals surface area contributed by atoms with Gasteiger partial charge in [-0.2, -0.15) is 17.4 Å². The lowest BCUT2D eigenvalue weighted by Gasteiger charge is -2.38. The Morgan fingerprint density at radius 3 is 2.68 bits per heavy atom. The average molecular weight is 390 g/mol. The molecule has 0 aromatic heterocycles. The van der Waals surface area contributed by atoms with E-state index in [1.807, 2.05) is 0 Å². The van der Waals surface area contributed by atoms with Gasteiger partial charge in [0.25, 0.3) is 10.2 Å². The fraction of sp³-hybridized carbons (Fsp3) is 0.562. The van der Waals surface area contributed by atoms with Crippen LogP contribution in [0.5, 0.6) is 0 Å². The fourth-order valence-electron chi connectivity index (χ4n) is 3.60. The molecule has 2 N–H and O–H groups in total. The SMILES string of the molecule is CN1[C@@H](C(=O)Nc2ccc(F)c(Cl)c2)C[C@@H](C2CCCC2)NS1(=O)=O. The van der Waals surface area contributed by atoms with Gasteiger partial charge in [-0.1, -0.05) is 24.4 Å². The number of likely N-dealkylation sites (N-methyl/N-ethyl adjacent to an activating group) is 1. The molecule has 1 aliphatic heterocycles. The molecule has 2 fully saturated rings. The number of benzene rings is 1. The van der Waals surface area contributed by atoms with Crippen molar-refractivity contribution < 1.29 is 17.6 Å². The first kappa shape index (κ1) is 18.6. The standard InChI is InChI=1S/C16H21ClFN3O3S/c1-21-15(16(22)19-11-6-7-13(18)12(17)8-11)9-14(20-25(21,23)24)10-4-2-3-5-10/h6-8,10,14-15,20H,2-5,9H2,1H3,(H,19,22)/t14-,15+/m0/s1. The first-order valence-corrected chi connectivity index (χ1v) is 10.1. The van der Waals surface area contributed by atoms with Gasteiger partial charge in [0.2, 0.25) is 5.91 Å². The number of carbonyl (C=O) groups excluding carboxylic acids is 1. The van der Waals surface area contributed by atoms with E-state index in [4.69, 9.17) is 11.6 Å². The van der Waals surface area contributed by atoms with Gasteiger partial charge >= 0.3 is 0 Å². The van der Waals surface area contributed by atoms with E-state index < -0.39 is 28.0 Å². The lowest BCUT2D eigenvalue weighted by atomic mass is 9.92. The maximum absolute atomic E-state index is 13.2. The predicted molar refractivity (Wildman–Crippen MR) is 94.0 cm³/mol. The van der Waals surface area contributed by atoms with Crippen molar-refractivity contribution in [1.29, 1.82) is 0 Å². The summed E-state index contributed by atoms with van der Waals surface area (Å²) in [5, 5.41) is 2.53. The van der Waals surface area contributed by atoms with Gasteiger partial charge in [0.1, 0.15) is 11.9 Å². The van der Waals surface area contributed by atoms with E-state index in [9.17, 15) is 17.6 Å². The minimum atomic E-state index is -3.71. The van der Waals surface area contributed by atoms with Crippen LogP contribution < -0.4 is 10.0 Å². The van der Waals surface area contributed by atoms with Crippen molar-refractivity contribution in [2.75, 3.05) is 12.4 Å². The molecular formula is C16H21ClFN3O3S. The maximum atomic E-state index is 13.2. The quantitative estimate of drug-likeness (QED) is 0.833. The molecule has 1 amide bonds. The molecule has 3 rings (SSSR count). The number of halogens is 2. The van der Waals surface area contributed by atoms with E-state index in [-0.39, 0.29) is 17.0 Å². The smallest absolute Gasteiger partial charge is 0.280 e. The Hall–Kier alpha value is -1.22. The molecule has 1 aliphatic carbocycles. The Morgan fingerprint density at radius 1 is 1.36 bits per heavy atom. The first-order chi connectivity index (χ1) is 11.8. The fourth-order valence-corrected chi connectivity index (χ4v) is 5.13. The van der Waals surface area contributed by atoms with Gasteiger partial charge in [-0.3, -0.25) is 4.79 Å². The van der Waals surface area contributed by atoms with Gasteiger partial charge in [0.15, 0.2) is 0 Å². The highest BCUT2D eigenvalue weighted by atomic mass is 35.5. The highest BCUT2D eigenvalue weighted by Crippen LogP contribution is 2.33. The van der Waals surface area contributed by atoms with Crippen molar-refractivity contribution in [2.24, 2.45) is 5.92 Å². The van der Waals surface area contributed by atoms with Crippen LogP contribution in [0.3, 0.4) is 0 Å². The minimum absolute atomic E-state index is 0.104. The summed E-state index contributed by atoms with van der Waals surface area (Å²) in [6.45, 7) is 0. The van der Waals surface area contributed by atoms with Crippen molar-refractivity contribution in [3.8, 4) is 0 Å². The summed E-state index contributed by atoms with van der Waals surface area (Å²) in [5.41, 5.74) is 0.332. The number of hydrogen-bond donors (Lipinski definition) is 2. The van der Waals surface area contributed by atoms with Crippen LogP contribution in [0.15, 0.2) is 18.2 Å². The van der Waals surface area contributed by atoms with Gasteiger partial charge in [0, 0.05) is 18.8 Å². The van der Waals surface area contributed by atoms with Crippen molar-refractivity contribution in [3.05, 3.63) is 29.0 Å². The van der Waals surface area contributed by atoms with Gasteiger partial charge in [-0.25, -0.2) is 4.39 Å². The third-order valence-corrected chi connectivity index (χ3v) is 6.96. The lowest BCUT2D eigenvalue weighted by molar-refractivity contribution is -0.120.